The maximum absolute atomic E-state index is 14.2. The molecule has 134 valence electrons. The van der Waals surface area contributed by atoms with E-state index in [-0.39, 0.29) is 17.6 Å². The zero-order valence-corrected chi connectivity index (χ0v) is 14.2. The van der Waals surface area contributed by atoms with Gasteiger partial charge in [0.25, 0.3) is 5.91 Å². The molecule has 8 heteroatoms. The van der Waals surface area contributed by atoms with Gasteiger partial charge in [-0.15, -0.1) is 0 Å². The second kappa shape index (κ2) is 8.17. The number of carbonyl (C=O) groups excluding carboxylic acids is 1. The maximum Gasteiger partial charge on any atom is 0.251 e. The Labute approximate surface area is 145 Å². The summed E-state index contributed by atoms with van der Waals surface area (Å²) in [5.41, 5.74) is 0.550. The van der Waals surface area contributed by atoms with Gasteiger partial charge in [0.15, 0.2) is 0 Å². The van der Waals surface area contributed by atoms with E-state index in [0.717, 1.165) is 39.3 Å². The van der Waals surface area contributed by atoms with Crippen LogP contribution in [0.25, 0.3) is 5.69 Å². The minimum atomic E-state index is -0.515. The molecule has 2 heterocycles. The number of carbonyl (C=O) groups is 1. The third kappa shape index (κ3) is 4.61. The van der Waals surface area contributed by atoms with Crippen molar-refractivity contribution >= 4 is 5.91 Å². The summed E-state index contributed by atoms with van der Waals surface area (Å²) in [6.07, 6.45) is 3.58. The average Bonchev–Trinajstić information content (AvgIpc) is 3.15. The van der Waals surface area contributed by atoms with E-state index in [9.17, 15) is 9.18 Å². The summed E-state index contributed by atoms with van der Waals surface area (Å²) in [6.45, 7) is 6.24. The Morgan fingerprint density at radius 2 is 2.20 bits per heavy atom. The predicted octanol–water partition coefficient (Wildman–Crippen LogP) is 1.25. The SMILES string of the molecule is C[C@H](CCN1CCOCC1)NC(=O)c1ccc(-n2cncn2)c(F)c1. The molecule has 0 radical (unpaired) electrons. The molecule has 2 aromatic rings. The Bertz CT molecular complexity index is 701. The second-order valence-corrected chi connectivity index (χ2v) is 6.12. The Morgan fingerprint density at radius 3 is 2.88 bits per heavy atom. The van der Waals surface area contributed by atoms with Crippen LogP contribution in [0.5, 0.6) is 0 Å². The highest BCUT2D eigenvalue weighted by Crippen LogP contribution is 2.14. The van der Waals surface area contributed by atoms with E-state index in [1.165, 1.54) is 29.5 Å². The zero-order chi connectivity index (χ0) is 17.6. The third-order valence-corrected chi connectivity index (χ3v) is 4.23. The average molecular weight is 347 g/mol. The Kier molecular flexibility index (Phi) is 5.72. The Morgan fingerprint density at radius 1 is 1.40 bits per heavy atom. The van der Waals surface area contributed by atoms with E-state index in [4.69, 9.17) is 4.74 Å². The largest absolute Gasteiger partial charge is 0.379 e. The molecule has 1 aliphatic heterocycles. The van der Waals surface area contributed by atoms with E-state index in [2.05, 4.69) is 20.3 Å². The summed E-state index contributed by atoms with van der Waals surface area (Å²) < 4.78 is 20.9. The van der Waals surface area contributed by atoms with Gasteiger partial charge < -0.3 is 10.1 Å². The quantitative estimate of drug-likeness (QED) is 0.851. The fourth-order valence-corrected chi connectivity index (χ4v) is 2.75. The minimum absolute atomic E-state index is 0.00778. The Hall–Kier alpha value is -2.32. The first-order valence-electron chi connectivity index (χ1n) is 8.39. The molecule has 0 saturated carbocycles. The molecule has 1 aliphatic rings. The van der Waals surface area contributed by atoms with Crippen LogP contribution in [0.2, 0.25) is 0 Å². The van der Waals surface area contributed by atoms with Crippen LogP contribution < -0.4 is 5.32 Å². The van der Waals surface area contributed by atoms with Crippen molar-refractivity contribution in [3.63, 3.8) is 0 Å². The fourth-order valence-electron chi connectivity index (χ4n) is 2.75. The van der Waals surface area contributed by atoms with Crippen LogP contribution in [0.4, 0.5) is 4.39 Å². The molecule has 1 fully saturated rings. The van der Waals surface area contributed by atoms with Gasteiger partial charge in [-0.1, -0.05) is 0 Å². The van der Waals surface area contributed by atoms with Gasteiger partial charge in [-0.3, -0.25) is 9.69 Å². The summed E-state index contributed by atoms with van der Waals surface area (Å²) in [5.74, 6) is -0.794. The van der Waals surface area contributed by atoms with Crippen molar-refractivity contribution in [1.82, 2.24) is 25.0 Å². The number of nitrogens with zero attached hydrogens (tertiary/aromatic N) is 4. The first kappa shape index (κ1) is 17.5. The van der Waals surface area contributed by atoms with E-state index in [1.807, 2.05) is 6.92 Å². The monoisotopic (exact) mass is 347 g/mol. The molecule has 1 aromatic carbocycles. The van der Waals surface area contributed by atoms with Gasteiger partial charge in [0.05, 0.1) is 13.2 Å². The van der Waals surface area contributed by atoms with Crippen molar-refractivity contribution < 1.29 is 13.9 Å². The van der Waals surface area contributed by atoms with Gasteiger partial charge in [-0.05, 0) is 31.5 Å². The first-order chi connectivity index (χ1) is 12.1. The number of nitrogens with one attached hydrogen (secondary N) is 1. The van der Waals surface area contributed by atoms with Gasteiger partial charge in [0.2, 0.25) is 0 Å². The molecule has 1 aromatic heterocycles. The molecule has 1 saturated heterocycles. The van der Waals surface area contributed by atoms with Crippen molar-refractivity contribution in [2.75, 3.05) is 32.8 Å². The smallest absolute Gasteiger partial charge is 0.251 e. The van der Waals surface area contributed by atoms with Gasteiger partial charge >= 0.3 is 0 Å². The standard InChI is InChI=1S/C17H22FN5O2/c1-13(4-5-22-6-8-25-9-7-22)21-17(24)14-2-3-16(15(18)10-14)23-12-19-11-20-23/h2-3,10-13H,4-9H2,1H3,(H,21,24)/t13-/m1/s1. The van der Waals surface area contributed by atoms with Crippen molar-refractivity contribution in [1.29, 1.82) is 0 Å². The number of halogens is 1. The number of morpholine rings is 1. The van der Waals surface area contributed by atoms with Gasteiger partial charge in [0.1, 0.15) is 24.2 Å². The van der Waals surface area contributed by atoms with E-state index in [0.29, 0.717) is 5.56 Å². The molecule has 25 heavy (non-hydrogen) atoms. The predicted molar refractivity (Wildman–Crippen MR) is 90.1 cm³/mol. The molecule has 0 aliphatic carbocycles. The molecule has 0 unspecified atom stereocenters. The van der Waals surface area contributed by atoms with Crippen LogP contribution in [-0.2, 0) is 4.74 Å². The van der Waals surface area contributed by atoms with Crippen molar-refractivity contribution in [3.8, 4) is 5.69 Å². The molecular weight excluding hydrogens is 325 g/mol. The molecule has 0 bridgehead atoms. The van der Waals surface area contributed by atoms with Crippen molar-refractivity contribution in [2.24, 2.45) is 0 Å². The van der Waals surface area contributed by atoms with Crippen molar-refractivity contribution in [3.05, 3.63) is 42.2 Å². The summed E-state index contributed by atoms with van der Waals surface area (Å²) in [6, 6.07) is 4.34. The van der Waals surface area contributed by atoms with Crippen molar-refractivity contribution in [2.45, 2.75) is 19.4 Å². The molecule has 1 atom stereocenters. The lowest BCUT2D eigenvalue weighted by atomic mass is 10.1. The number of amides is 1. The van der Waals surface area contributed by atoms with Gasteiger partial charge in [0, 0.05) is 31.2 Å². The maximum atomic E-state index is 14.2. The Balaban J connectivity index is 1.54. The van der Waals surface area contributed by atoms with E-state index in [1.54, 1.807) is 6.07 Å². The molecular formula is C17H22FN5O2. The lowest BCUT2D eigenvalue weighted by molar-refractivity contribution is 0.0363. The van der Waals surface area contributed by atoms with Gasteiger partial charge in [-0.2, -0.15) is 5.10 Å². The highest BCUT2D eigenvalue weighted by molar-refractivity contribution is 5.94. The van der Waals surface area contributed by atoms with Crippen LogP contribution in [-0.4, -0.2) is 64.5 Å². The molecule has 3 rings (SSSR count). The van der Waals surface area contributed by atoms with E-state index >= 15 is 0 Å². The highest BCUT2D eigenvalue weighted by atomic mass is 19.1. The molecule has 1 amide bonds. The number of benzene rings is 1. The molecule has 0 spiro atoms. The lowest BCUT2D eigenvalue weighted by Crippen LogP contribution is -2.40. The number of ether oxygens (including phenoxy) is 1. The van der Waals surface area contributed by atoms with Crippen LogP contribution >= 0.6 is 0 Å². The summed E-state index contributed by atoms with van der Waals surface area (Å²) in [5, 5.41) is 6.81. The third-order valence-electron chi connectivity index (χ3n) is 4.23. The molecule has 1 N–H and O–H groups in total. The summed E-state index contributed by atoms with van der Waals surface area (Å²) in [7, 11) is 0. The molecule has 7 nitrogen and oxygen atoms in total. The number of aromatic nitrogens is 3. The topological polar surface area (TPSA) is 72.3 Å². The van der Waals surface area contributed by atoms with E-state index < -0.39 is 5.82 Å². The fraction of sp³-hybridized carbons (Fsp3) is 0.471. The summed E-state index contributed by atoms with van der Waals surface area (Å²) >= 11 is 0. The number of rotatable bonds is 6. The lowest BCUT2D eigenvalue weighted by Gasteiger charge is -2.27. The van der Waals surface area contributed by atoms with Crippen LogP contribution in [0.15, 0.2) is 30.9 Å². The van der Waals surface area contributed by atoms with Crippen LogP contribution in [0.3, 0.4) is 0 Å². The number of hydrogen-bond donors (Lipinski definition) is 1. The van der Waals surface area contributed by atoms with Crippen LogP contribution in [0.1, 0.15) is 23.7 Å². The normalized spacial score (nSPS) is 16.6. The number of hydrogen-bond acceptors (Lipinski definition) is 5. The van der Waals surface area contributed by atoms with Crippen LogP contribution in [0, 0.1) is 5.82 Å². The van der Waals surface area contributed by atoms with Gasteiger partial charge in [-0.25, -0.2) is 14.1 Å². The highest BCUT2D eigenvalue weighted by Gasteiger charge is 2.15. The zero-order valence-electron chi connectivity index (χ0n) is 14.2. The second-order valence-electron chi connectivity index (χ2n) is 6.12. The minimum Gasteiger partial charge on any atom is -0.379 e. The summed E-state index contributed by atoms with van der Waals surface area (Å²) in [4.78, 5) is 18.4. The first-order valence-corrected chi connectivity index (χ1v) is 8.39.